The van der Waals surface area contributed by atoms with Crippen LogP contribution in [-0.4, -0.2) is 49.3 Å². The van der Waals surface area contributed by atoms with E-state index in [1.54, 1.807) is 12.4 Å². The van der Waals surface area contributed by atoms with E-state index in [0.29, 0.717) is 17.3 Å². The lowest BCUT2D eigenvalue weighted by atomic mass is 10.1. The molecular formula is C19H19N7O2. The molecule has 1 saturated heterocycles. The quantitative estimate of drug-likeness (QED) is 0.494. The fourth-order valence-corrected chi connectivity index (χ4v) is 3.49. The molecule has 142 valence electrons. The Bertz CT molecular complexity index is 1110. The number of hydrogen-bond acceptors (Lipinski definition) is 5. The fraction of sp³-hybridized carbons (Fsp3) is 0.263. The number of H-pyrrole nitrogens is 2. The first-order chi connectivity index (χ1) is 13.8. The molecule has 1 amide bonds. The SMILES string of the molecule is O=C(Nc1cnn(CC2CCOC2)c1)c1n[nH]c2cc(-c3cn[nH]c3)ccc12. The Morgan fingerprint density at radius 1 is 1.32 bits per heavy atom. The average molecular weight is 377 g/mol. The summed E-state index contributed by atoms with van der Waals surface area (Å²) >= 11 is 0. The van der Waals surface area contributed by atoms with Crippen LogP contribution in [0, 0.1) is 5.92 Å². The van der Waals surface area contributed by atoms with E-state index in [-0.39, 0.29) is 5.91 Å². The second kappa shape index (κ2) is 6.93. The summed E-state index contributed by atoms with van der Waals surface area (Å²) in [6, 6.07) is 5.78. The second-order valence-corrected chi connectivity index (χ2v) is 6.95. The largest absolute Gasteiger partial charge is 0.381 e. The molecule has 3 aromatic heterocycles. The molecule has 0 bridgehead atoms. The van der Waals surface area contributed by atoms with Crippen LogP contribution < -0.4 is 5.32 Å². The van der Waals surface area contributed by atoms with Gasteiger partial charge in [0.1, 0.15) is 0 Å². The highest BCUT2D eigenvalue weighted by Crippen LogP contribution is 2.25. The normalized spacial score (nSPS) is 16.6. The fourth-order valence-electron chi connectivity index (χ4n) is 3.49. The predicted molar refractivity (Wildman–Crippen MR) is 103 cm³/mol. The van der Waals surface area contributed by atoms with Gasteiger partial charge in [0, 0.05) is 42.4 Å². The first-order valence-corrected chi connectivity index (χ1v) is 9.15. The number of hydrogen-bond donors (Lipinski definition) is 3. The van der Waals surface area contributed by atoms with E-state index in [4.69, 9.17) is 4.74 Å². The van der Waals surface area contributed by atoms with Crippen molar-refractivity contribution in [2.75, 3.05) is 18.5 Å². The van der Waals surface area contributed by atoms with Gasteiger partial charge in [-0.1, -0.05) is 6.07 Å². The van der Waals surface area contributed by atoms with Gasteiger partial charge >= 0.3 is 0 Å². The summed E-state index contributed by atoms with van der Waals surface area (Å²) < 4.78 is 7.24. The van der Waals surface area contributed by atoms with E-state index in [0.717, 1.165) is 48.2 Å². The van der Waals surface area contributed by atoms with Crippen molar-refractivity contribution in [1.29, 1.82) is 0 Å². The van der Waals surface area contributed by atoms with E-state index in [1.165, 1.54) is 0 Å². The first-order valence-electron chi connectivity index (χ1n) is 9.15. The van der Waals surface area contributed by atoms with E-state index in [9.17, 15) is 4.79 Å². The van der Waals surface area contributed by atoms with E-state index >= 15 is 0 Å². The van der Waals surface area contributed by atoms with Crippen molar-refractivity contribution in [1.82, 2.24) is 30.2 Å². The average Bonchev–Trinajstić information content (AvgIpc) is 3.49. The molecule has 0 radical (unpaired) electrons. The van der Waals surface area contributed by atoms with Gasteiger partial charge in [-0.25, -0.2) is 0 Å². The number of carbonyl (C=O) groups is 1. The van der Waals surface area contributed by atoms with Crippen LogP contribution in [0.1, 0.15) is 16.9 Å². The van der Waals surface area contributed by atoms with Crippen LogP contribution in [0.5, 0.6) is 0 Å². The Morgan fingerprint density at radius 2 is 2.29 bits per heavy atom. The standard InChI is InChI=1S/C19H19N7O2/c27-19(23-15-8-22-26(10-15)9-12-3-4-28-11-12)18-16-2-1-13(5-17(16)24-25-18)14-6-20-21-7-14/h1-2,5-8,10,12H,3-4,9,11H2,(H,20,21)(H,23,27)(H,24,25). The zero-order valence-electron chi connectivity index (χ0n) is 15.1. The number of benzene rings is 1. The van der Waals surface area contributed by atoms with Gasteiger partial charge in [0.2, 0.25) is 0 Å². The number of amides is 1. The number of fused-ring (bicyclic) bond motifs is 1. The third-order valence-corrected chi connectivity index (χ3v) is 4.97. The van der Waals surface area contributed by atoms with Gasteiger partial charge < -0.3 is 10.1 Å². The van der Waals surface area contributed by atoms with Gasteiger partial charge in [0.15, 0.2) is 5.69 Å². The van der Waals surface area contributed by atoms with E-state index in [1.807, 2.05) is 35.3 Å². The number of nitrogens with zero attached hydrogens (tertiary/aromatic N) is 4. The van der Waals surface area contributed by atoms with Gasteiger partial charge in [-0.2, -0.15) is 15.3 Å². The molecule has 4 heterocycles. The summed E-state index contributed by atoms with van der Waals surface area (Å²) in [6.07, 6.45) is 8.10. The van der Waals surface area contributed by atoms with E-state index in [2.05, 4.69) is 30.8 Å². The monoisotopic (exact) mass is 377 g/mol. The molecule has 0 saturated carbocycles. The lowest BCUT2D eigenvalue weighted by molar-refractivity contribution is 0.102. The van der Waals surface area contributed by atoms with Crippen molar-refractivity contribution < 1.29 is 9.53 Å². The van der Waals surface area contributed by atoms with Crippen LogP contribution >= 0.6 is 0 Å². The molecule has 1 unspecified atom stereocenters. The van der Waals surface area contributed by atoms with Crippen LogP contribution in [0.3, 0.4) is 0 Å². The maximum absolute atomic E-state index is 12.7. The summed E-state index contributed by atoms with van der Waals surface area (Å²) in [5, 5.41) is 21.9. The highest BCUT2D eigenvalue weighted by Gasteiger charge is 2.18. The number of carbonyl (C=O) groups excluding carboxylic acids is 1. The molecule has 0 aliphatic carbocycles. The molecule has 1 fully saturated rings. The van der Waals surface area contributed by atoms with Gasteiger partial charge in [-0.3, -0.25) is 19.7 Å². The third kappa shape index (κ3) is 3.16. The van der Waals surface area contributed by atoms with Crippen molar-refractivity contribution >= 4 is 22.5 Å². The molecule has 1 aromatic carbocycles. The summed E-state index contributed by atoms with van der Waals surface area (Å²) in [4.78, 5) is 12.7. The Kier molecular flexibility index (Phi) is 4.13. The highest BCUT2D eigenvalue weighted by atomic mass is 16.5. The Morgan fingerprint density at radius 3 is 3.11 bits per heavy atom. The third-order valence-electron chi connectivity index (χ3n) is 4.97. The van der Waals surface area contributed by atoms with Crippen molar-refractivity contribution in [2.45, 2.75) is 13.0 Å². The molecule has 9 nitrogen and oxygen atoms in total. The van der Waals surface area contributed by atoms with Gasteiger partial charge in [0.25, 0.3) is 5.91 Å². The summed E-state index contributed by atoms with van der Waals surface area (Å²) in [5.74, 6) is 0.203. The molecule has 1 aliphatic rings. The molecule has 1 atom stereocenters. The number of aromatic nitrogens is 6. The molecule has 0 spiro atoms. The summed E-state index contributed by atoms with van der Waals surface area (Å²) in [6.45, 7) is 2.36. The second-order valence-electron chi connectivity index (χ2n) is 6.95. The maximum atomic E-state index is 12.7. The van der Waals surface area contributed by atoms with Crippen molar-refractivity contribution in [3.63, 3.8) is 0 Å². The molecule has 9 heteroatoms. The maximum Gasteiger partial charge on any atom is 0.276 e. The van der Waals surface area contributed by atoms with Crippen molar-refractivity contribution in [2.24, 2.45) is 5.92 Å². The first kappa shape index (κ1) is 16.7. The number of aromatic amines is 2. The van der Waals surface area contributed by atoms with Crippen LogP contribution in [0.15, 0.2) is 43.0 Å². The molecule has 4 aromatic rings. The molecule has 5 rings (SSSR count). The summed E-state index contributed by atoms with van der Waals surface area (Å²) in [5.41, 5.74) is 3.76. The van der Waals surface area contributed by atoms with Gasteiger partial charge in [-0.15, -0.1) is 0 Å². The smallest absolute Gasteiger partial charge is 0.276 e. The minimum atomic E-state index is -0.272. The zero-order valence-corrected chi connectivity index (χ0v) is 15.1. The van der Waals surface area contributed by atoms with Crippen LogP contribution in [0.4, 0.5) is 5.69 Å². The molecule has 28 heavy (non-hydrogen) atoms. The highest BCUT2D eigenvalue weighted by molar-refractivity contribution is 6.11. The van der Waals surface area contributed by atoms with Crippen molar-refractivity contribution in [3.05, 3.63) is 48.7 Å². The lowest BCUT2D eigenvalue weighted by Crippen LogP contribution is -2.13. The molecule has 3 N–H and O–H groups in total. The number of rotatable bonds is 5. The molecule has 1 aliphatic heterocycles. The van der Waals surface area contributed by atoms with Crippen molar-refractivity contribution in [3.8, 4) is 11.1 Å². The topological polar surface area (TPSA) is 114 Å². The number of ether oxygens (including phenoxy) is 1. The van der Waals surface area contributed by atoms with Crippen LogP contribution in [0.2, 0.25) is 0 Å². The Balaban J connectivity index is 1.32. The Hall–Kier alpha value is -3.46. The molecular weight excluding hydrogens is 358 g/mol. The lowest BCUT2D eigenvalue weighted by Gasteiger charge is -2.06. The van der Waals surface area contributed by atoms with Gasteiger partial charge in [0.05, 0.1) is 30.2 Å². The van der Waals surface area contributed by atoms with Crippen LogP contribution in [-0.2, 0) is 11.3 Å². The Labute approximate surface area is 160 Å². The van der Waals surface area contributed by atoms with Crippen LogP contribution in [0.25, 0.3) is 22.0 Å². The van der Waals surface area contributed by atoms with Gasteiger partial charge in [-0.05, 0) is 24.1 Å². The predicted octanol–water partition coefficient (Wildman–Crippen LogP) is 2.44. The number of nitrogens with one attached hydrogen (secondary N) is 3. The zero-order chi connectivity index (χ0) is 18.9. The summed E-state index contributed by atoms with van der Waals surface area (Å²) in [7, 11) is 0. The number of anilines is 1. The minimum Gasteiger partial charge on any atom is -0.381 e. The minimum absolute atomic E-state index is 0.272. The van der Waals surface area contributed by atoms with E-state index < -0.39 is 0 Å².